The minimum Gasteiger partial charge on any atom is -0.744 e. The molecule has 0 aliphatic rings. The van der Waals surface area contributed by atoms with E-state index in [0.29, 0.717) is 16.7 Å². The number of benzene rings is 1. The van der Waals surface area contributed by atoms with E-state index in [9.17, 15) is 13.0 Å². The van der Waals surface area contributed by atoms with Gasteiger partial charge in [-0.1, -0.05) is 12.1 Å². The van der Waals surface area contributed by atoms with Gasteiger partial charge in [0.2, 0.25) is 0 Å². The van der Waals surface area contributed by atoms with Crippen molar-refractivity contribution < 1.29 is 47.3 Å². The summed E-state index contributed by atoms with van der Waals surface area (Å²) in [5, 5.41) is 0.620. The normalized spacial score (nSPS) is 11.1. The predicted octanol–water partition coefficient (Wildman–Crippen LogP) is -1.78. The van der Waals surface area contributed by atoms with Crippen LogP contribution in [0.5, 0.6) is 5.75 Å². The molecule has 0 N–H and O–H groups in total. The zero-order valence-corrected chi connectivity index (χ0v) is 11.3. The van der Waals surface area contributed by atoms with Crippen LogP contribution in [0.2, 0.25) is 0 Å². The summed E-state index contributed by atoms with van der Waals surface area (Å²) >= 11 is 0. The van der Waals surface area contributed by atoms with Crippen molar-refractivity contribution in [3.8, 4) is 5.75 Å². The van der Waals surface area contributed by atoms with E-state index in [4.69, 9.17) is 4.74 Å². The molecule has 0 aliphatic heterocycles. The van der Waals surface area contributed by atoms with E-state index in [1.165, 1.54) is 13.2 Å². The number of hydrogen-bond donors (Lipinski definition) is 0. The fourth-order valence-electron chi connectivity index (χ4n) is 0.877. The van der Waals surface area contributed by atoms with Crippen LogP contribution in [-0.4, -0.2) is 20.1 Å². The summed E-state index contributed by atoms with van der Waals surface area (Å²) in [5.74, 6) is 0.673. The van der Waals surface area contributed by atoms with Crippen molar-refractivity contribution in [3.63, 3.8) is 0 Å². The Labute approximate surface area is 111 Å². The van der Waals surface area contributed by atoms with Crippen LogP contribution >= 0.6 is 0 Å². The van der Waals surface area contributed by atoms with Gasteiger partial charge in [0.15, 0.2) is 0 Å². The molecule has 0 unspecified atom stereocenters. The van der Waals surface area contributed by atoms with E-state index < -0.39 is 10.1 Å². The second kappa shape index (κ2) is 6.30. The van der Waals surface area contributed by atoms with Gasteiger partial charge in [0.05, 0.1) is 7.11 Å². The molecule has 0 radical (unpaired) electrons. The van der Waals surface area contributed by atoms with Gasteiger partial charge in [0.1, 0.15) is 15.9 Å². The maximum atomic E-state index is 10.3. The quantitative estimate of drug-likeness (QED) is 0.459. The van der Waals surface area contributed by atoms with Crippen LogP contribution in [0.3, 0.4) is 0 Å². The maximum Gasteiger partial charge on any atom is 1.00 e. The molecule has 1 aromatic carbocycles. The summed E-state index contributed by atoms with van der Waals surface area (Å²) in [6, 6.07) is 6.66. The van der Waals surface area contributed by atoms with E-state index >= 15 is 0 Å². The molecule has 0 fully saturated rings. The molecule has 1 aromatic rings. The van der Waals surface area contributed by atoms with E-state index in [0.717, 1.165) is 0 Å². The predicted molar refractivity (Wildman–Crippen MR) is 51.7 cm³/mol. The number of rotatable bonds is 3. The van der Waals surface area contributed by atoms with Crippen LogP contribution in [0.15, 0.2) is 29.7 Å². The van der Waals surface area contributed by atoms with E-state index in [2.05, 4.69) is 0 Å². The molecule has 76 valence electrons. The van der Waals surface area contributed by atoms with Crippen molar-refractivity contribution in [3.05, 3.63) is 35.2 Å². The zero-order valence-electron chi connectivity index (χ0n) is 8.51. The Balaban J connectivity index is 0.00000196. The van der Waals surface area contributed by atoms with Gasteiger partial charge >= 0.3 is 29.6 Å². The monoisotopic (exact) mass is 236 g/mol. The van der Waals surface area contributed by atoms with Crippen molar-refractivity contribution in [2.45, 2.75) is 0 Å². The van der Waals surface area contributed by atoms with Crippen LogP contribution in [0.25, 0.3) is 6.08 Å². The molecule has 15 heavy (non-hydrogen) atoms. The van der Waals surface area contributed by atoms with Gasteiger partial charge < -0.3 is 9.29 Å². The zero-order chi connectivity index (χ0) is 10.6. The summed E-state index contributed by atoms with van der Waals surface area (Å²) in [6.45, 7) is 0. The van der Waals surface area contributed by atoms with Gasteiger partial charge in [-0.05, 0) is 23.8 Å². The fraction of sp³-hybridized carbons (Fsp3) is 0.111. The van der Waals surface area contributed by atoms with Gasteiger partial charge in [-0.25, -0.2) is 8.42 Å². The van der Waals surface area contributed by atoms with Gasteiger partial charge in [0, 0.05) is 5.41 Å². The van der Waals surface area contributed by atoms with Gasteiger partial charge in [-0.15, -0.1) is 0 Å². The van der Waals surface area contributed by atoms with Gasteiger partial charge in [-0.2, -0.15) is 0 Å². The summed E-state index contributed by atoms with van der Waals surface area (Å²) in [6.07, 6.45) is 1.24. The Hall–Kier alpha value is -0.330. The molecular weight excluding hydrogens is 227 g/mol. The number of methoxy groups -OCH3 is 1. The van der Waals surface area contributed by atoms with Crippen molar-refractivity contribution in [2.75, 3.05) is 7.11 Å². The second-order valence-corrected chi connectivity index (χ2v) is 3.83. The largest absolute Gasteiger partial charge is 1.00 e. The molecule has 0 bridgehead atoms. The average Bonchev–Trinajstić information content (AvgIpc) is 2.14. The minimum atomic E-state index is -4.30. The second-order valence-electron chi connectivity index (χ2n) is 2.57. The maximum absolute atomic E-state index is 10.3. The number of ether oxygens (including phenoxy) is 1. The molecule has 0 spiro atoms. The van der Waals surface area contributed by atoms with E-state index in [-0.39, 0.29) is 29.6 Å². The summed E-state index contributed by atoms with van der Waals surface area (Å²) in [7, 11) is -2.77. The molecule has 0 aliphatic carbocycles. The molecule has 0 aromatic heterocycles. The van der Waals surface area contributed by atoms with Gasteiger partial charge in [0.25, 0.3) is 0 Å². The minimum absolute atomic E-state index is 0. The molecule has 6 heteroatoms. The summed E-state index contributed by atoms with van der Waals surface area (Å²) in [4.78, 5) is 0. The topological polar surface area (TPSA) is 66.4 Å². The molecule has 4 nitrogen and oxygen atoms in total. The third kappa shape index (κ3) is 5.96. The first-order valence-electron chi connectivity index (χ1n) is 3.79. The van der Waals surface area contributed by atoms with Crippen LogP contribution in [0.4, 0.5) is 0 Å². The van der Waals surface area contributed by atoms with Crippen molar-refractivity contribution in [2.24, 2.45) is 0 Å². The van der Waals surface area contributed by atoms with Crippen LogP contribution < -0.4 is 34.3 Å². The first kappa shape index (κ1) is 14.7. The van der Waals surface area contributed by atoms with Crippen LogP contribution in [-0.2, 0) is 10.1 Å². The van der Waals surface area contributed by atoms with E-state index in [1.807, 2.05) is 0 Å². The van der Waals surface area contributed by atoms with Gasteiger partial charge in [-0.3, -0.25) is 0 Å². The summed E-state index contributed by atoms with van der Waals surface area (Å²) in [5.41, 5.74) is 0.630. The Morgan fingerprint density at radius 3 is 2.20 bits per heavy atom. The first-order valence-corrected chi connectivity index (χ1v) is 5.26. The molecule has 0 amide bonds. The number of hydrogen-bond acceptors (Lipinski definition) is 4. The molecular formula is C9H9NaO4S. The Kier molecular flexibility index (Phi) is 6.16. The molecule has 0 atom stereocenters. The van der Waals surface area contributed by atoms with Crippen LogP contribution in [0, 0.1) is 0 Å². The third-order valence-corrected chi connectivity index (χ3v) is 2.01. The summed E-state index contributed by atoms with van der Waals surface area (Å²) < 4.78 is 35.7. The molecule has 0 saturated heterocycles. The Morgan fingerprint density at radius 1 is 1.27 bits per heavy atom. The van der Waals surface area contributed by atoms with Crippen molar-refractivity contribution in [1.82, 2.24) is 0 Å². The Morgan fingerprint density at radius 2 is 1.80 bits per heavy atom. The third-order valence-electron chi connectivity index (χ3n) is 1.54. The van der Waals surface area contributed by atoms with Crippen molar-refractivity contribution >= 4 is 16.2 Å². The molecule has 0 heterocycles. The van der Waals surface area contributed by atoms with Crippen LogP contribution in [0.1, 0.15) is 5.56 Å². The van der Waals surface area contributed by atoms with Crippen molar-refractivity contribution in [1.29, 1.82) is 0 Å². The molecule has 0 saturated carbocycles. The SMILES string of the molecule is COc1ccc(C=CS(=O)(=O)[O-])cc1.[Na+]. The standard InChI is InChI=1S/C9H10O4S.Na/c1-13-9-4-2-8(3-5-9)6-7-14(10,11)12;/h2-7H,1H3,(H,10,11,12);/q;+1/p-1. The fourth-order valence-corrected chi connectivity index (χ4v) is 1.20. The molecule has 1 rings (SSSR count). The first-order chi connectivity index (χ1) is 6.51. The Bertz CT molecular complexity index is 422. The average molecular weight is 236 g/mol. The van der Waals surface area contributed by atoms with E-state index in [1.54, 1.807) is 24.3 Å². The smallest absolute Gasteiger partial charge is 0.744 e.